The Morgan fingerprint density at radius 3 is 2.52 bits per heavy atom. The standard InChI is InChI=1S/C16H30BNO3/c1-11(2)16(17)7-4-5-13(6-8-16)12(3)14(10-19)18-9-15(20)21/h11-14,18-19H,4-10H2,1-3H3,(H,20,21). The maximum Gasteiger partial charge on any atom is 0.317 e. The Labute approximate surface area is 130 Å². The molecule has 1 aliphatic carbocycles. The smallest absolute Gasteiger partial charge is 0.317 e. The van der Waals surface area contributed by atoms with Gasteiger partial charge in [0, 0.05) is 6.04 Å². The first kappa shape index (κ1) is 18.5. The molecule has 0 bridgehead atoms. The highest BCUT2D eigenvalue weighted by Crippen LogP contribution is 2.47. The highest BCUT2D eigenvalue weighted by atomic mass is 16.4. The van der Waals surface area contributed by atoms with Gasteiger partial charge in [-0.15, -0.1) is 0 Å². The van der Waals surface area contributed by atoms with Crippen molar-refractivity contribution in [2.75, 3.05) is 13.2 Å². The van der Waals surface area contributed by atoms with Gasteiger partial charge in [0.2, 0.25) is 0 Å². The van der Waals surface area contributed by atoms with Crippen LogP contribution < -0.4 is 5.32 Å². The molecule has 4 unspecified atom stereocenters. The maximum absolute atomic E-state index is 10.7. The van der Waals surface area contributed by atoms with E-state index < -0.39 is 5.97 Å². The molecule has 0 aromatic heterocycles. The van der Waals surface area contributed by atoms with Crippen LogP contribution in [0, 0.1) is 17.8 Å². The van der Waals surface area contributed by atoms with E-state index in [1.165, 1.54) is 0 Å². The van der Waals surface area contributed by atoms with Gasteiger partial charge in [-0.2, -0.15) is 0 Å². The summed E-state index contributed by atoms with van der Waals surface area (Å²) < 4.78 is 0. The molecule has 1 fully saturated rings. The highest BCUT2D eigenvalue weighted by Gasteiger charge is 2.34. The molecule has 0 aliphatic heterocycles. The van der Waals surface area contributed by atoms with Gasteiger partial charge in [-0.1, -0.05) is 58.2 Å². The van der Waals surface area contributed by atoms with Crippen molar-refractivity contribution in [1.82, 2.24) is 5.32 Å². The van der Waals surface area contributed by atoms with E-state index in [0.29, 0.717) is 11.8 Å². The van der Waals surface area contributed by atoms with Crippen LogP contribution in [-0.4, -0.2) is 43.2 Å². The van der Waals surface area contributed by atoms with Crippen LogP contribution in [0.4, 0.5) is 0 Å². The van der Waals surface area contributed by atoms with E-state index in [1.54, 1.807) is 0 Å². The molecule has 21 heavy (non-hydrogen) atoms. The lowest BCUT2D eigenvalue weighted by atomic mass is 9.57. The van der Waals surface area contributed by atoms with Crippen molar-refractivity contribution < 1.29 is 15.0 Å². The Morgan fingerprint density at radius 2 is 2.00 bits per heavy atom. The molecule has 3 N–H and O–H groups in total. The zero-order valence-corrected chi connectivity index (χ0v) is 13.6. The number of aliphatic hydroxyl groups is 1. The minimum Gasteiger partial charge on any atom is -0.480 e. The molecule has 0 saturated heterocycles. The van der Waals surface area contributed by atoms with Gasteiger partial charge in [-0.3, -0.25) is 4.79 Å². The van der Waals surface area contributed by atoms with Crippen molar-refractivity contribution in [2.24, 2.45) is 17.8 Å². The van der Waals surface area contributed by atoms with E-state index in [1.807, 2.05) is 0 Å². The van der Waals surface area contributed by atoms with Gasteiger partial charge >= 0.3 is 5.97 Å². The number of hydrogen-bond donors (Lipinski definition) is 3. The van der Waals surface area contributed by atoms with Gasteiger partial charge in [0.05, 0.1) is 21.0 Å². The fourth-order valence-electron chi connectivity index (χ4n) is 3.48. The molecule has 2 radical (unpaired) electrons. The van der Waals surface area contributed by atoms with Crippen LogP contribution in [0.15, 0.2) is 0 Å². The van der Waals surface area contributed by atoms with E-state index >= 15 is 0 Å². The molecule has 0 aromatic rings. The average molecular weight is 295 g/mol. The summed E-state index contributed by atoms with van der Waals surface area (Å²) in [6.07, 6.45) is 5.34. The second-order valence-electron chi connectivity index (χ2n) is 7.00. The predicted molar refractivity (Wildman–Crippen MR) is 85.5 cm³/mol. The third kappa shape index (κ3) is 5.30. The molecule has 4 atom stereocenters. The largest absolute Gasteiger partial charge is 0.480 e. The number of rotatable bonds is 7. The molecule has 1 saturated carbocycles. The number of nitrogens with one attached hydrogen (secondary N) is 1. The number of carboxylic acid groups (broad SMARTS) is 1. The van der Waals surface area contributed by atoms with Crippen LogP contribution in [0.1, 0.15) is 52.9 Å². The van der Waals surface area contributed by atoms with Crippen LogP contribution in [0.25, 0.3) is 0 Å². The summed E-state index contributed by atoms with van der Waals surface area (Å²) >= 11 is 0. The first-order chi connectivity index (χ1) is 9.80. The van der Waals surface area contributed by atoms with E-state index in [2.05, 4.69) is 26.1 Å². The molecule has 120 valence electrons. The number of aliphatic hydroxyl groups excluding tert-OH is 1. The number of carbonyl (C=O) groups is 1. The van der Waals surface area contributed by atoms with Gasteiger partial charge in [-0.25, -0.2) is 0 Å². The normalized spacial score (nSPS) is 29.9. The summed E-state index contributed by atoms with van der Waals surface area (Å²) in [7, 11) is 6.53. The van der Waals surface area contributed by atoms with Crippen molar-refractivity contribution in [3.05, 3.63) is 0 Å². The SMILES string of the molecule is [B]C1(C(C)C)CCCC(C(C)C(CO)NCC(=O)O)CC1. The van der Waals surface area contributed by atoms with E-state index in [4.69, 9.17) is 13.0 Å². The zero-order valence-electron chi connectivity index (χ0n) is 13.6. The molecule has 0 heterocycles. The van der Waals surface area contributed by atoms with E-state index in [0.717, 1.165) is 32.1 Å². The third-order valence-electron chi connectivity index (χ3n) is 5.44. The van der Waals surface area contributed by atoms with Crippen molar-refractivity contribution >= 4 is 13.8 Å². The Kier molecular flexibility index (Phi) is 7.21. The van der Waals surface area contributed by atoms with Crippen molar-refractivity contribution in [2.45, 2.75) is 64.2 Å². The van der Waals surface area contributed by atoms with Crippen molar-refractivity contribution in [3.63, 3.8) is 0 Å². The van der Waals surface area contributed by atoms with Gasteiger partial charge in [0.15, 0.2) is 0 Å². The lowest BCUT2D eigenvalue weighted by molar-refractivity contribution is -0.136. The second-order valence-corrected chi connectivity index (χ2v) is 7.00. The van der Waals surface area contributed by atoms with E-state index in [9.17, 15) is 9.90 Å². The van der Waals surface area contributed by atoms with Crippen LogP contribution in [0.2, 0.25) is 5.31 Å². The summed E-state index contributed by atoms with van der Waals surface area (Å²) in [4.78, 5) is 10.7. The summed E-state index contributed by atoms with van der Waals surface area (Å²) in [6, 6.07) is -0.157. The molecule has 5 heteroatoms. The quantitative estimate of drug-likeness (QED) is 0.497. The molecular formula is C16H30BNO3. The average Bonchev–Trinajstić information content (AvgIpc) is 2.62. The molecule has 4 nitrogen and oxygen atoms in total. The summed E-state index contributed by atoms with van der Waals surface area (Å²) in [5.74, 6) is 0.337. The molecular weight excluding hydrogens is 265 g/mol. The van der Waals surface area contributed by atoms with Gasteiger partial charge in [-0.05, 0) is 17.8 Å². The third-order valence-corrected chi connectivity index (χ3v) is 5.44. The van der Waals surface area contributed by atoms with Crippen LogP contribution >= 0.6 is 0 Å². The maximum atomic E-state index is 10.7. The Morgan fingerprint density at radius 1 is 1.33 bits per heavy atom. The number of aliphatic carboxylic acids is 1. The molecule has 0 aromatic carbocycles. The minimum atomic E-state index is -0.887. The first-order valence-corrected chi connectivity index (χ1v) is 8.15. The highest BCUT2D eigenvalue weighted by molar-refractivity contribution is 6.15. The fraction of sp³-hybridized carbons (Fsp3) is 0.938. The summed E-state index contributed by atoms with van der Waals surface area (Å²) in [5, 5.41) is 21.2. The Bertz CT molecular complexity index is 337. The minimum absolute atomic E-state index is 0.0249. The fourth-order valence-corrected chi connectivity index (χ4v) is 3.48. The monoisotopic (exact) mass is 295 g/mol. The van der Waals surface area contributed by atoms with Crippen molar-refractivity contribution in [3.8, 4) is 0 Å². The van der Waals surface area contributed by atoms with Crippen LogP contribution in [-0.2, 0) is 4.79 Å². The van der Waals surface area contributed by atoms with Crippen LogP contribution in [0.3, 0.4) is 0 Å². The predicted octanol–water partition coefficient (Wildman–Crippen LogP) is 2.22. The lowest BCUT2D eigenvalue weighted by Gasteiger charge is -2.34. The van der Waals surface area contributed by atoms with Crippen LogP contribution in [0.5, 0.6) is 0 Å². The molecule has 1 aliphatic rings. The van der Waals surface area contributed by atoms with Gasteiger partial charge in [0.1, 0.15) is 0 Å². The van der Waals surface area contributed by atoms with Crippen molar-refractivity contribution in [1.29, 1.82) is 0 Å². The molecule has 0 amide bonds. The number of carboxylic acids is 1. The lowest BCUT2D eigenvalue weighted by Crippen LogP contribution is -2.43. The number of hydrogen-bond acceptors (Lipinski definition) is 3. The first-order valence-electron chi connectivity index (χ1n) is 8.15. The van der Waals surface area contributed by atoms with Gasteiger partial charge in [0.25, 0.3) is 0 Å². The van der Waals surface area contributed by atoms with Gasteiger partial charge < -0.3 is 15.5 Å². The topological polar surface area (TPSA) is 69.6 Å². The Hall–Kier alpha value is -0.545. The second kappa shape index (κ2) is 8.18. The summed E-state index contributed by atoms with van der Waals surface area (Å²) in [6.45, 7) is 6.36. The molecule has 1 rings (SSSR count). The summed E-state index contributed by atoms with van der Waals surface area (Å²) in [5.41, 5.74) is 0. The van der Waals surface area contributed by atoms with E-state index in [-0.39, 0.29) is 30.4 Å². The zero-order chi connectivity index (χ0) is 16.0. The molecule has 0 spiro atoms. The Balaban J connectivity index is 2.61.